The lowest BCUT2D eigenvalue weighted by Gasteiger charge is -2.12. The number of aromatic nitrogens is 3. The summed E-state index contributed by atoms with van der Waals surface area (Å²) in [6.45, 7) is 0.540. The fourth-order valence-electron chi connectivity index (χ4n) is 3.49. The van der Waals surface area contributed by atoms with Gasteiger partial charge >= 0.3 is 0 Å². The van der Waals surface area contributed by atoms with E-state index < -0.39 is 0 Å². The first-order valence-corrected chi connectivity index (χ1v) is 12.0. The zero-order valence-electron chi connectivity index (χ0n) is 18.3. The number of carbonyl (C=O) groups excluding carboxylic acids is 2. The Morgan fingerprint density at radius 2 is 1.79 bits per heavy atom. The molecule has 2 heterocycles. The third-order valence-corrected chi connectivity index (χ3v) is 6.30. The Morgan fingerprint density at radius 1 is 1.00 bits per heavy atom. The van der Waals surface area contributed by atoms with Gasteiger partial charge in [-0.25, -0.2) is 0 Å². The van der Waals surface area contributed by atoms with Crippen LogP contribution in [0.5, 0.6) is 0 Å². The lowest BCUT2D eigenvalue weighted by molar-refractivity contribution is -0.113. The SMILES string of the molecule is O=C(CSc1nnc(-c2ccco2)n1Cc1ccccc1)Nc1ccccc1C(=O)NC1CC1. The average Bonchev–Trinajstić information content (AvgIpc) is 3.33. The van der Waals surface area contributed by atoms with Gasteiger partial charge in [-0.2, -0.15) is 0 Å². The number of benzene rings is 2. The van der Waals surface area contributed by atoms with Gasteiger partial charge in [0.2, 0.25) is 11.7 Å². The topological polar surface area (TPSA) is 102 Å². The van der Waals surface area contributed by atoms with E-state index in [2.05, 4.69) is 20.8 Å². The first-order valence-electron chi connectivity index (χ1n) is 11.0. The van der Waals surface area contributed by atoms with Crippen LogP contribution in [0.4, 0.5) is 5.69 Å². The summed E-state index contributed by atoms with van der Waals surface area (Å²) >= 11 is 1.28. The molecule has 0 radical (unpaired) electrons. The van der Waals surface area contributed by atoms with Gasteiger partial charge in [0.25, 0.3) is 5.91 Å². The van der Waals surface area contributed by atoms with Gasteiger partial charge in [-0.05, 0) is 42.7 Å². The van der Waals surface area contributed by atoms with Gasteiger partial charge in [0.1, 0.15) is 0 Å². The van der Waals surface area contributed by atoms with E-state index in [1.54, 1.807) is 36.6 Å². The number of amides is 2. The Hall–Kier alpha value is -3.85. The molecule has 2 N–H and O–H groups in total. The Kier molecular flexibility index (Phi) is 6.44. The summed E-state index contributed by atoms with van der Waals surface area (Å²) in [5, 5.41) is 15.0. The fraction of sp³-hybridized carbons (Fsp3) is 0.200. The van der Waals surface area contributed by atoms with E-state index >= 15 is 0 Å². The summed E-state index contributed by atoms with van der Waals surface area (Å²) in [5.74, 6) is 0.917. The largest absolute Gasteiger partial charge is 0.461 e. The Labute approximate surface area is 200 Å². The zero-order valence-corrected chi connectivity index (χ0v) is 19.1. The summed E-state index contributed by atoms with van der Waals surface area (Å²) in [6, 6.07) is 20.9. The molecule has 1 saturated carbocycles. The van der Waals surface area contributed by atoms with Crippen molar-refractivity contribution in [1.82, 2.24) is 20.1 Å². The fourth-order valence-corrected chi connectivity index (χ4v) is 4.23. The molecule has 2 aromatic carbocycles. The lowest BCUT2D eigenvalue weighted by Crippen LogP contribution is -2.27. The lowest BCUT2D eigenvalue weighted by atomic mass is 10.1. The van der Waals surface area contributed by atoms with Gasteiger partial charge in [-0.3, -0.25) is 14.2 Å². The van der Waals surface area contributed by atoms with E-state index in [0.29, 0.717) is 34.5 Å². The first kappa shape index (κ1) is 22.0. The molecular formula is C25H23N5O3S. The first-order chi connectivity index (χ1) is 16.7. The molecule has 0 saturated heterocycles. The summed E-state index contributed by atoms with van der Waals surface area (Å²) in [7, 11) is 0. The number of anilines is 1. The quantitative estimate of drug-likeness (QED) is 0.353. The number of thioether (sulfide) groups is 1. The van der Waals surface area contributed by atoms with Gasteiger partial charge in [0.15, 0.2) is 10.9 Å². The number of rotatable bonds is 9. The minimum absolute atomic E-state index is 0.115. The molecule has 172 valence electrons. The van der Waals surface area contributed by atoms with Crippen molar-refractivity contribution in [2.75, 3.05) is 11.1 Å². The van der Waals surface area contributed by atoms with E-state index in [-0.39, 0.29) is 23.6 Å². The van der Waals surface area contributed by atoms with Crippen LogP contribution < -0.4 is 10.6 Å². The second-order valence-corrected chi connectivity index (χ2v) is 8.93. The van der Waals surface area contributed by atoms with Gasteiger partial charge in [-0.1, -0.05) is 54.2 Å². The monoisotopic (exact) mass is 473 g/mol. The van der Waals surface area contributed by atoms with Crippen LogP contribution >= 0.6 is 11.8 Å². The molecule has 34 heavy (non-hydrogen) atoms. The minimum atomic E-state index is -0.231. The van der Waals surface area contributed by atoms with Gasteiger partial charge in [-0.15, -0.1) is 10.2 Å². The minimum Gasteiger partial charge on any atom is -0.461 e. The molecule has 1 aliphatic carbocycles. The molecule has 2 aromatic heterocycles. The predicted octanol–water partition coefficient (Wildman–Crippen LogP) is 4.21. The Balaban J connectivity index is 1.30. The maximum absolute atomic E-state index is 12.8. The Bertz CT molecular complexity index is 1280. The van der Waals surface area contributed by atoms with Crippen LogP contribution in [0.1, 0.15) is 28.8 Å². The van der Waals surface area contributed by atoms with Crippen LogP contribution in [0.3, 0.4) is 0 Å². The smallest absolute Gasteiger partial charge is 0.253 e. The molecule has 1 fully saturated rings. The predicted molar refractivity (Wildman–Crippen MR) is 130 cm³/mol. The number of hydrogen-bond donors (Lipinski definition) is 2. The van der Waals surface area contributed by atoms with Crippen LogP contribution in [0.15, 0.2) is 82.6 Å². The molecule has 1 aliphatic rings. The van der Waals surface area contributed by atoms with Crippen molar-refractivity contribution >= 4 is 29.3 Å². The van der Waals surface area contributed by atoms with Crippen molar-refractivity contribution in [3.8, 4) is 11.6 Å². The maximum Gasteiger partial charge on any atom is 0.253 e. The number of nitrogens with one attached hydrogen (secondary N) is 2. The molecule has 0 spiro atoms. The van der Waals surface area contributed by atoms with E-state index in [9.17, 15) is 9.59 Å². The number of para-hydroxylation sites is 1. The number of hydrogen-bond acceptors (Lipinski definition) is 6. The van der Waals surface area contributed by atoms with Crippen molar-refractivity contribution in [2.24, 2.45) is 0 Å². The van der Waals surface area contributed by atoms with Crippen LogP contribution in [-0.2, 0) is 11.3 Å². The second-order valence-electron chi connectivity index (χ2n) is 7.99. The standard InChI is InChI=1S/C25H23N5O3S/c31-22(27-20-10-5-4-9-19(20)24(32)26-18-12-13-18)16-34-25-29-28-23(21-11-6-14-33-21)30(25)15-17-7-2-1-3-8-17/h1-11,14,18H,12-13,15-16H2,(H,26,32)(H,27,31). The third-order valence-electron chi connectivity index (χ3n) is 5.33. The Morgan fingerprint density at radius 3 is 2.56 bits per heavy atom. The van der Waals surface area contributed by atoms with Crippen molar-refractivity contribution in [1.29, 1.82) is 0 Å². The normalized spacial score (nSPS) is 12.9. The van der Waals surface area contributed by atoms with Gasteiger partial charge < -0.3 is 15.1 Å². The average molecular weight is 474 g/mol. The van der Waals surface area contributed by atoms with Crippen LogP contribution in [0.25, 0.3) is 11.6 Å². The van der Waals surface area contributed by atoms with Crippen molar-refractivity contribution in [3.63, 3.8) is 0 Å². The summed E-state index contributed by atoms with van der Waals surface area (Å²) < 4.78 is 7.47. The van der Waals surface area contributed by atoms with Gasteiger partial charge in [0, 0.05) is 6.04 Å². The van der Waals surface area contributed by atoms with Crippen LogP contribution in [0, 0.1) is 0 Å². The van der Waals surface area contributed by atoms with Gasteiger partial charge in [0.05, 0.1) is 29.8 Å². The van der Waals surface area contributed by atoms with Crippen molar-refractivity contribution in [3.05, 3.63) is 84.1 Å². The molecule has 0 unspecified atom stereocenters. The number of nitrogens with zero attached hydrogens (tertiary/aromatic N) is 3. The molecule has 2 amide bonds. The summed E-state index contributed by atoms with van der Waals surface area (Å²) in [4.78, 5) is 25.3. The highest BCUT2D eigenvalue weighted by molar-refractivity contribution is 7.99. The van der Waals surface area contributed by atoms with Crippen molar-refractivity contribution < 1.29 is 14.0 Å². The molecule has 0 aliphatic heterocycles. The maximum atomic E-state index is 12.8. The van der Waals surface area contributed by atoms with E-state index in [4.69, 9.17) is 4.42 Å². The second kappa shape index (κ2) is 9.96. The summed E-state index contributed by atoms with van der Waals surface area (Å²) in [6.07, 6.45) is 3.59. The molecular weight excluding hydrogens is 450 g/mol. The van der Waals surface area contributed by atoms with Crippen LogP contribution in [0.2, 0.25) is 0 Å². The van der Waals surface area contributed by atoms with Crippen LogP contribution in [-0.4, -0.2) is 38.4 Å². The van der Waals surface area contributed by atoms with E-state index in [1.165, 1.54) is 11.8 Å². The zero-order chi connectivity index (χ0) is 23.3. The molecule has 8 nitrogen and oxygen atoms in total. The molecule has 0 atom stereocenters. The highest BCUT2D eigenvalue weighted by atomic mass is 32.2. The molecule has 5 rings (SSSR count). The number of carbonyl (C=O) groups is 2. The van der Waals surface area contributed by atoms with E-state index in [1.807, 2.05) is 41.0 Å². The number of furan rings is 1. The molecule has 4 aromatic rings. The third kappa shape index (κ3) is 5.20. The summed E-state index contributed by atoms with van der Waals surface area (Å²) in [5.41, 5.74) is 2.03. The van der Waals surface area contributed by atoms with Crippen molar-refractivity contribution in [2.45, 2.75) is 30.6 Å². The van der Waals surface area contributed by atoms with E-state index in [0.717, 1.165) is 18.4 Å². The highest BCUT2D eigenvalue weighted by Gasteiger charge is 2.25. The highest BCUT2D eigenvalue weighted by Crippen LogP contribution is 2.26. The molecule has 0 bridgehead atoms. The molecule has 9 heteroatoms.